The van der Waals surface area contributed by atoms with Crippen LogP contribution in [-0.4, -0.2) is 61.9 Å². The van der Waals surface area contributed by atoms with E-state index >= 15 is 0 Å². The number of amides is 2. The van der Waals surface area contributed by atoms with Crippen molar-refractivity contribution in [2.45, 2.75) is 11.9 Å². The third-order valence-electron chi connectivity index (χ3n) is 5.30. The Bertz CT molecular complexity index is 819. The quantitative estimate of drug-likeness (QED) is 0.695. The van der Waals surface area contributed by atoms with E-state index < -0.39 is 0 Å². The van der Waals surface area contributed by atoms with Crippen LogP contribution in [0.1, 0.15) is 27.1 Å². The molecule has 2 N–H and O–H groups in total. The van der Waals surface area contributed by atoms with Gasteiger partial charge in [-0.05, 0) is 29.8 Å². The Morgan fingerprint density at radius 3 is 2.72 bits per heavy atom. The highest BCUT2D eigenvalue weighted by Gasteiger charge is 2.33. The average molecular weight is 417 g/mol. The maximum absolute atomic E-state index is 12.4. The van der Waals surface area contributed by atoms with E-state index in [-0.39, 0.29) is 17.2 Å². The normalized spacial score (nSPS) is 20.2. The van der Waals surface area contributed by atoms with Crippen LogP contribution in [0.2, 0.25) is 0 Å². The van der Waals surface area contributed by atoms with Gasteiger partial charge in [-0.15, -0.1) is 11.8 Å². The monoisotopic (exact) mass is 416 g/mol. The third kappa shape index (κ3) is 5.01. The van der Waals surface area contributed by atoms with E-state index in [1.165, 1.54) is 4.90 Å². The van der Waals surface area contributed by atoms with Crippen LogP contribution >= 0.6 is 11.8 Å². The minimum atomic E-state index is -0.0631. The number of ether oxygens (including phenoxy) is 1. The number of furan rings is 1. The van der Waals surface area contributed by atoms with Crippen molar-refractivity contribution in [3.63, 3.8) is 0 Å². The van der Waals surface area contributed by atoms with Gasteiger partial charge < -0.3 is 24.3 Å². The highest BCUT2D eigenvalue weighted by Crippen LogP contribution is 2.39. The number of rotatable bonds is 7. The highest BCUT2D eigenvalue weighted by atomic mass is 32.2. The molecule has 0 unspecified atom stereocenters. The van der Waals surface area contributed by atoms with E-state index in [1.54, 1.807) is 18.0 Å². The maximum Gasteiger partial charge on any atom is 0.251 e. The van der Waals surface area contributed by atoms with Gasteiger partial charge in [-0.25, -0.2) is 0 Å². The SMILES string of the molecule is O=C(NCC[NH+]1CCOCC1)c1ccc([C@@H]2SCC(=O)N2Cc2ccco2)cc1. The fraction of sp³-hybridized carbons (Fsp3) is 0.429. The molecule has 2 aliphatic heterocycles. The molecule has 7 nitrogen and oxygen atoms in total. The summed E-state index contributed by atoms with van der Waals surface area (Å²) in [5, 5.41) is 2.94. The summed E-state index contributed by atoms with van der Waals surface area (Å²) in [6.45, 7) is 5.60. The molecule has 1 aromatic carbocycles. The first kappa shape index (κ1) is 20.0. The molecule has 4 rings (SSSR count). The van der Waals surface area contributed by atoms with Crippen LogP contribution in [-0.2, 0) is 16.1 Å². The van der Waals surface area contributed by atoms with Crippen molar-refractivity contribution in [2.24, 2.45) is 0 Å². The molecule has 2 saturated heterocycles. The first-order chi connectivity index (χ1) is 14.2. The molecule has 0 aliphatic carbocycles. The van der Waals surface area contributed by atoms with Gasteiger partial charge in [-0.2, -0.15) is 0 Å². The third-order valence-corrected chi connectivity index (χ3v) is 6.55. The van der Waals surface area contributed by atoms with Crippen LogP contribution in [0.3, 0.4) is 0 Å². The van der Waals surface area contributed by atoms with Crippen molar-refractivity contribution >= 4 is 23.6 Å². The summed E-state index contributed by atoms with van der Waals surface area (Å²) in [4.78, 5) is 28.0. The lowest BCUT2D eigenvalue weighted by molar-refractivity contribution is -0.906. The molecule has 1 atom stereocenters. The summed E-state index contributed by atoms with van der Waals surface area (Å²) in [6, 6.07) is 11.2. The minimum Gasteiger partial charge on any atom is -0.467 e. The average Bonchev–Trinajstić information content (AvgIpc) is 3.40. The topological polar surface area (TPSA) is 76.2 Å². The van der Waals surface area contributed by atoms with Gasteiger partial charge in [0.15, 0.2) is 0 Å². The van der Waals surface area contributed by atoms with Gasteiger partial charge in [0.05, 0.1) is 44.9 Å². The number of nitrogens with one attached hydrogen (secondary N) is 2. The van der Waals surface area contributed by atoms with Crippen LogP contribution in [0.25, 0.3) is 0 Å². The molecule has 0 saturated carbocycles. The summed E-state index contributed by atoms with van der Waals surface area (Å²) in [5.74, 6) is 1.26. The largest absolute Gasteiger partial charge is 0.467 e. The van der Waals surface area contributed by atoms with E-state index in [0.29, 0.717) is 24.4 Å². The van der Waals surface area contributed by atoms with Gasteiger partial charge >= 0.3 is 0 Å². The van der Waals surface area contributed by atoms with Crippen molar-refractivity contribution in [1.82, 2.24) is 10.2 Å². The Labute approximate surface area is 174 Å². The highest BCUT2D eigenvalue weighted by molar-refractivity contribution is 8.00. The first-order valence-electron chi connectivity index (χ1n) is 9.93. The lowest BCUT2D eigenvalue weighted by Crippen LogP contribution is -3.14. The lowest BCUT2D eigenvalue weighted by Gasteiger charge is -2.24. The summed E-state index contributed by atoms with van der Waals surface area (Å²) >= 11 is 1.60. The van der Waals surface area contributed by atoms with E-state index in [4.69, 9.17) is 9.15 Å². The van der Waals surface area contributed by atoms with Crippen LogP contribution in [0, 0.1) is 0 Å². The Hall–Kier alpha value is -2.29. The fourth-order valence-corrected chi connectivity index (χ4v) is 4.82. The van der Waals surface area contributed by atoms with Gasteiger partial charge in [0.1, 0.15) is 24.2 Å². The van der Waals surface area contributed by atoms with E-state index in [9.17, 15) is 9.59 Å². The molecule has 8 heteroatoms. The zero-order valence-corrected chi connectivity index (χ0v) is 17.1. The van der Waals surface area contributed by atoms with Crippen molar-refractivity contribution in [2.75, 3.05) is 45.1 Å². The number of hydrogen-bond acceptors (Lipinski definition) is 5. The van der Waals surface area contributed by atoms with Gasteiger partial charge in [0.25, 0.3) is 5.91 Å². The molecule has 1 aromatic heterocycles. The Morgan fingerprint density at radius 1 is 1.21 bits per heavy atom. The van der Waals surface area contributed by atoms with Crippen LogP contribution < -0.4 is 10.2 Å². The Morgan fingerprint density at radius 2 is 2.00 bits per heavy atom. The number of nitrogens with zero attached hydrogens (tertiary/aromatic N) is 1. The van der Waals surface area contributed by atoms with Crippen LogP contribution in [0.15, 0.2) is 47.1 Å². The molecule has 154 valence electrons. The zero-order valence-electron chi connectivity index (χ0n) is 16.3. The number of morpholine rings is 1. The lowest BCUT2D eigenvalue weighted by atomic mass is 10.1. The van der Waals surface area contributed by atoms with Crippen molar-refractivity contribution in [1.29, 1.82) is 0 Å². The summed E-state index contributed by atoms with van der Waals surface area (Å²) in [6.07, 6.45) is 1.62. The molecule has 0 bridgehead atoms. The molecular weight excluding hydrogens is 390 g/mol. The predicted molar refractivity (Wildman–Crippen MR) is 110 cm³/mol. The van der Waals surface area contributed by atoms with Gasteiger partial charge in [-0.1, -0.05) is 12.1 Å². The number of carbonyl (C=O) groups excluding carboxylic acids is 2. The molecule has 29 heavy (non-hydrogen) atoms. The van der Waals surface area contributed by atoms with Crippen molar-refractivity contribution in [3.8, 4) is 0 Å². The molecule has 0 spiro atoms. The summed E-state index contributed by atoms with van der Waals surface area (Å²) in [7, 11) is 0. The standard InChI is InChI=1S/C21H25N3O4S/c25-19-15-29-21(24(19)14-18-2-1-11-28-18)17-5-3-16(4-6-17)20(26)22-7-8-23-9-12-27-13-10-23/h1-6,11,21H,7-10,12-15H2,(H,22,26)/p+1/t21-/m0/s1. The number of quaternary nitrogens is 1. The second-order valence-corrected chi connectivity index (χ2v) is 8.32. The smallest absolute Gasteiger partial charge is 0.251 e. The predicted octanol–water partition coefficient (Wildman–Crippen LogP) is 0.699. The second kappa shape index (κ2) is 9.47. The number of carbonyl (C=O) groups is 2. The van der Waals surface area contributed by atoms with Crippen LogP contribution in [0.4, 0.5) is 0 Å². The fourth-order valence-electron chi connectivity index (χ4n) is 3.64. The van der Waals surface area contributed by atoms with E-state index in [0.717, 1.165) is 44.2 Å². The van der Waals surface area contributed by atoms with E-state index in [2.05, 4.69) is 5.32 Å². The van der Waals surface area contributed by atoms with Crippen molar-refractivity contribution in [3.05, 3.63) is 59.5 Å². The number of benzene rings is 1. The maximum atomic E-state index is 12.4. The molecular formula is C21H26N3O4S+. The first-order valence-corrected chi connectivity index (χ1v) is 11.0. The van der Waals surface area contributed by atoms with Crippen LogP contribution in [0.5, 0.6) is 0 Å². The summed E-state index contributed by atoms with van der Waals surface area (Å²) in [5.41, 5.74) is 1.65. The Balaban J connectivity index is 1.33. The van der Waals surface area contributed by atoms with Crippen molar-refractivity contribution < 1.29 is 23.6 Å². The molecule has 2 aromatic rings. The Kier molecular flexibility index (Phi) is 6.53. The molecule has 2 aliphatic rings. The molecule has 2 fully saturated rings. The van der Waals surface area contributed by atoms with E-state index in [1.807, 2.05) is 41.3 Å². The molecule has 2 amide bonds. The van der Waals surface area contributed by atoms with Gasteiger partial charge in [-0.3, -0.25) is 9.59 Å². The molecule has 3 heterocycles. The minimum absolute atomic E-state index is 0.0605. The number of hydrogen-bond donors (Lipinski definition) is 2. The van der Waals surface area contributed by atoms with Gasteiger partial charge in [0.2, 0.25) is 5.91 Å². The second-order valence-electron chi connectivity index (χ2n) is 7.25. The zero-order chi connectivity index (χ0) is 20.1. The van der Waals surface area contributed by atoms with Gasteiger partial charge in [0, 0.05) is 5.56 Å². The summed E-state index contributed by atoms with van der Waals surface area (Å²) < 4.78 is 10.7. The molecule has 0 radical (unpaired) electrons. The number of thioether (sulfide) groups is 1.